The van der Waals surface area contributed by atoms with Gasteiger partial charge in [-0.25, -0.2) is 9.97 Å². The normalized spacial score (nSPS) is 18.6. The van der Waals surface area contributed by atoms with E-state index >= 15 is 0 Å². The van der Waals surface area contributed by atoms with Gasteiger partial charge in [0.25, 0.3) is 0 Å². The van der Waals surface area contributed by atoms with Crippen LogP contribution in [0.3, 0.4) is 0 Å². The number of benzene rings is 1. The third-order valence-electron chi connectivity index (χ3n) is 6.02. The number of aliphatic hydroxyl groups is 1. The zero-order valence-corrected chi connectivity index (χ0v) is 21.4. The van der Waals surface area contributed by atoms with Crippen molar-refractivity contribution in [3.63, 3.8) is 0 Å². The number of nitrogens with one attached hydrogen (secondary N) is 2. The summed E-state index contributed by atoms with van der Waals surface area (Å²) in [7, 11) is 1.78. The molecule has 3 N–H and O–H groups in total. The third-order valence-corrected chi connectivity index (χ3v) is 6.35. The van der Waals surface area contributed by atoms with Crippen LogP contribution in [0.5, 0.6) is 5.75 Å². The molecule has 1 fully saturated rings. The quantitative estimate of drug-likeness (QED) is 0.401. The molecule has 1 aromatic carbocycles. The molecule has 0 bridgehead atoms. The lowest BCUT2D eigenvalue weighted by atomic mass is 10.0. The van der Waals surface area contributed by atoms with Crippen LogP contribution in [0.15, 0.2) is 22.7 Å². The molecule has 4 rings (SSSR count). The van der Waals surface area contributed by atoms with E-state index < -0.39 is 6.10 Å². The van der Waals surface area contributed by atoms with Crippen molar-refractivity contribution >= 4 is 17.4 Å². The molecule has 0 spiro atoms. The Morgan fingerprint density at radius 3 is 2.71 bits per heavy atom. The number of aryl methyl sites for hydroxylation is 2. The summed E-state index contributed by atoms with van der Waals surface area (Å²) in [5.74, 6) is 2.40. The van der Waals surface area contributed by atoms with Gasteiger partial charge in [0.15, 0.2) is 5.82 Å². The minimum absolute atomic E-state index is 0.141. The largest absolute Gasteiger partial charge is 0.491 e. The van der Waals surface area contributed by atoms with Crippen LogP contribution in [-0.4, -0.2) is 65.3 Å². The topological polar surface area (TPSA) is 115 Å². The highest BCUT2D eigenvalue weighted by atomic mass is 35.5. The Hall–Kier alpha value is -2.72. The SMILES string of the molecule is CNC[C@@H](O)COc1ccc(Cl)c(-c2nc(N[C@@H]3CO[C@@H](C)C3)c(C)c(-c3c(C)noc3C)n2)c1. The van der Waals surface area contributed by atoms with Crippen molar-refractivity contribution in [2.45, 2.75) is 52.4 Å². The number of likely N-dealkylation sites (N-methyl/N-ethyl adjacent to an activating group) is 1. The molecule has 188 valence electrons. The molecule has 0 saturated carbocycles. The van der Waals surface area contributed by atoms with E-state index in [9.17, 15) is 5.11 Å². The molecule has 1 aliphatic rings. The van der Waals surface area contributed by atoms with E-state index in [4.69, 9.17) is 35.6 Å². The predicted molar refractivity (Wildman–Crippen MR) is 135 cm³/mol. The smallest absolute Gasteiger partial charge is 0.163 e. The summed E-state index contributed by atoms with van der Waals surface area (Å²) >= 11 is 6.60. The molecule has 0 amide bonds. The van der Waals surface area contributed by atoms with E-state index in [0.29, 0.717) is 46.9 Å². The maximum Gasteiger partial charge on any atom is 0.163 e. The van der Waals surface area contributed by atoms with Gasteiger partial charge in [-0.1, -0.05) is 16.8 Å². The van der Waals surface area contributed by atoms with Gasteiger partial charge < -0.3 is 29.7 Å². The summed E-state index contributed by atoms with van der Waals surface area (Å²) in [5, 5.41) is 21.1. The molecular formula is C25H32ClN5O4. The zero-order chi connectivity index (χ0) is 25.1. The molecule has 3 atom stereocenters. The molecule has 9 nitrogen and oxygen atoms in total. The van der Waals surface area contributed by atoms with Gasteiger partial charge in [0.2, 0.25) is 0 Å². The molecule has 1 saturated heterocycles. The first-order valence-electron chi connectivity index (χ1n) is 11.7. The minimum Gasteiger partial charge on any atom is -0.491 e. The van der Waals surface area contributed by atoms with Crippen LogP contribution in [-0.2, 0) is 4.74 Å². The lowest BCUT2D eigenvalue weighted by Gasteiger charge is -2.18. The van der Waals surface area contributed by atoms with Crippen LogP contribution in [0.1, 0.15) is 30.4 Å². The summed E-state index contributed by atoms with van der Waals surface area (Å²) in [6.45, 7) is 9.00. The Morgan fingerprint density at radius 1 is 1.26 bits per heavy atom. The van der Waals surface area contributed by atoms with Gasteiger partial charge in [0, 0.05) is 17.7 Å². The highest BCUT2D eigenvalue weighted by Crippen LogP contribution is 2.36. The molecule has 35 heavy (non-hydrogen) atoms. The Labute approximate surface area is 210 Å². The Kier molecular flexibility index (Phi) is 7.91. The van der Waals surface area contributed by atoms with Crippen LogP contribution >= 0.6 is 11.6 Å². The van der Waals surface area contributed by atoms with Gasteiger partial charge in [-0.15, -0.1) is 0 Å². The summed E-state index contributed by atoms with van der Waals surface area (Å²) < 4.78 is 17.0. The zero-order valence-electron chi connectivity index (χ0n) is 20.7. The highest BCUT2D eigenvalue weighted by molar-refractivity contribution is 6.33. The van der Waals surface area contributed by atoms with Crippen LogP contribution in [0.4, 0.5) is 5.82 Å². The number of hydrogen-bond acceptors (Lipinski definition) is 9. The minimum atomic E-state index is -0.632. The van der Waals surface area contributed by atoms with Crippen molar-refractivity contribution in [2.24, 2.45) is 0 Å². The van der Waals surface area contributed by atoms with E-state index in [-0.39, 0.29) is 18.8 Å². The molecular weight excluding hydrogens is 470 g/mol. The van der Waals surface area contributed by atoms with E-state index in [1.807, 2.05) is 20.8 Å². The van der Waals surface area contributed by atoms with Gasteiger partial charge in [0.1, 0.15) is 30.0 Å². The lowest BCUT2D eigenvalue weighted by Crippen LogP contribution is -2.29. The average Bonchev–Trinajstić information content (AvgIpc) is 3.39. The Balaban J connectivity index is 1.76. The number of anilines is 1. The fraction of sp³-hybridized carbons (Fsp3) is 0.480. The summed E-state index contributed by atoms with van der Waals surface area (Å²) in [4.78, 5) is 9.76. The fourth-order valence-corrected chi connectivity index (χ4v) is 4.41. The van der Waals surface area contributed by atoms with E-state index in [0.717, 1.165) is 28.9 Å². The number of ether oxygens (including phenoxy) is 2. The van der Waals surface area contributed by atoms with Gasteiger partial charge in [-0.3, -0.25) is 0 Å². The van der Waals surface area contributed by atoms with E-state index in [1.165, 1.54) is 0 Å². The molecule has 2 aromatic heterocycles. The molecule has 0 unspecified atom stereocenters. The highest BCUT2D eigenvalue weighted by Gasteiger charge is 2.26. The fourth-order valence-electron chi connectivity index (χ4n) is 4.21. The molecule has 3 aromatic rings. The van der Waals surface area contributed by atoms with E-state index in [1.54, 1.807) is 25.2 Å². The summed E-state index contributed by atoms with van der Waals surface area (Å²) in [6, 6.07) is 5.44. The van der Waals surface area contributed by atoms with Crippen LogP contribution in [0.2, 0.25) is 5.02 Å². The lowest BCUT2D eigenvalue weighted by molar-refractivity contribution is 0.108. The first-order valence-corrected chi connectivity index (χ1v) is 12.1. The maximum atomic E-state index is 10.00. The average molecular weight is 502 g/mol. The van der Waals surface area contributed by atoms with Crippen molar-refractivity contribution in [3.05, 3.63) is 40.2 Å². The molecule has 0 radical (unpaired) electrons. The third kappa shape index (κ3) is 5.75. The first kappa shape index (κ1) is 25.4. The van der Waals surface area contributed by atoms with Gasteiger partial charge in [-0.05, 0) is 59.4 Å². The number of hydrogen-bond donors (Lipinski definition) is 3. The van der Waals surface area contributed by atoms with Crippen molar-refractivity contribution in [1.29, 1.82) is 0 Å². The molecule has 0 aliphatic carbocycles. The van der Waals surface area contributed by atoms with Gasteiger partial charge >= 0.3 is 0 Å². The second-order valence-electron chi connectivity index (χ2n) is 8.95. The van der Waals surface area contributed by atoms with Gasteiger partial charge in [0.05, 0.1) is 40.7 Å². The molecule has 3 heterocycles. The van der Waals surface area contributed by atoms with Crippen molar-refractivity contribution in [1.82, 2.24) is 20.4 Å². The van der Waals surface area contributed by atoms with Gasteiger partial charge in [-0.2, -0.15) is 0 Å². The summed E-state index contributed by atoms with van der Waals surface area (Å²) in [5.41, 5.74) is 3.83. The molecule has 10 heteroatoms. The van der Waals surface area contributed by atoms with Crippen LogP contribution in [0, 0.1) is 20.8 Å². The summed E-state index contributed by atoms with van der Waals surface area (Å²) in [6.07, 6.45) is 0.448. The predicted octanol–water partition coefficient (Wildman–Crippen LogP) is 3.93. The Morgan fingerprint density at radius 2 is 2.06 bits per heavy atom. The standard InChI is InChI=1S/C25H32ClN5O4/c1-13-8-17(11-33-13)28-24-14(2)23(22-15(3)31-35-16(22)4)29-25(30-24)20-9-19(6-7-21(20)26)34-12-18(32)10-27-5/h6-7,9,13,17-18,27,32H,8,10-12H2,1-5H3,(H,28,29,30)/t13-,17-,18+/m0/s1. The van der Waals surface area contributed by atoms with Crippen LogP contribution < -0.4 is 15.4 Å². The molecule has 1 aliphatic heterocycles. The second-order valence-corrected chi connectivity index (χ2v) is 9.36. The number of rotatable bonds is 9. The maximum absolute atomic E-state index is 10.00. The number of nitrogens with zero attached hydrogens (tertiary/aromatic N) is 3. The monoisotopic (exact) mass is 501 g/mol. The second kappa shape index (κ2) is 10.9. The number of aromatic nitrogens is 3. The van der Waals surface area contributed by atoms with Crippen molar-refractivity contribution in [2.75, 3.05) is 32.1 Å². The van der Waals surface area contributed by atoms with Crippen molar-refractivity contribution in [3.8, 4) is 28.4 Å². The van der Waals surface area contributed by atoms with E-state index in [2.05, 4.69) is 22.7 Å². The first-order chi connectivity index (χ1) is 16.8. The number of halogens is 1. The Bertz CT molecular complexity index is 1170. The van der Waals surface area contributed by atoms with Crippen LogP contribution in [0.25, 0.3) is 22.6 Å². The number of aliphatic hydroxyl groups excluding tert-OH is 1. The van der Waals surface area contributed by atoms with Crippen molar-refractivity contribution < 1.29 is 19.1 Å².